The van der Waals surface area contributed by atoms with Gasteiger partial charge in [-0.3, -0.25) is 9.78 Å². The van der Waals surface area contributed by atoms with Crippen LogP contribution in [0.1, 0.15) is 18.9 Å². The highest BCUT2D eigenvalue weighted by molar-refractivity contribution is 5.91. The summed E-state index contributed by atoms with van der Waals surface area (Å²) in [5.74, 6) is 0.516. The van der Waals surface area contributed by atoms with Crippen LogP contribution >= 0.6 is 0 Å². The first-order chi connectivity index (χ1) is 9.25. The molecule has 2 atom stereocenters. The van der Waals surface area contributed by atoms with Gasteiger partial charge in [0.25, 0.3) is 0 Å². The fourth-order valence-electron chi connectivity index (χ4n) is 2.70. The second kappa shape index (κ2) is 5.10. The summed E-state index contributed by atoms with van der Waals surface area (Å²) in [6, 6.07) is 9.86. The number of Topliss-reactive ketones (excluding diaryl/α,β-unsaturated/α-hetero) is 1. The number of rotatable bonds is 3. The molecule has 1 aliphatic heterocycles. The molecule has 1 aromatic heterocycles. The first kappa shape index (κ1) is 12.3. The van der Waals surface area contributed by atoms with Crippen LogP contribution in [0.15, 0.2) is 36.5 Å². The highest BCUT2D eigenvalue weighted by Gasteiger charge is 2.30. The third-order valence-corrected chi connectivity index (χ3v) is 3.81. The van der Waals surface area contributed by atoms with E-state index in [4.69, 9.17) is 4.74 Å². The van der Waals surface area contributed by atoms with Gasteiger partial charge in [-0.15, -0.1) is 0 Å². The highest BCUT2D eigenvalue weighted by Crippen LogP contribution is 2.24. The van der Waals surface area contributed by atoms with Crippen molar-refractivity contribution in [2.24, 2.45) is 5.92 Å². The van der Waals surface area contributed by atoms with Gasteiger partial charge in [0.2, 0.25) is 0 Å². The van der Waals surface area contributed by atoms with Crippen LogP contribution in [-0.4, -0.2) is 23.5 Å². The molecule has 0 amide bonds. The molecule has 2 unspecified atom stereocenters. The van der Waals surface area contributed by atoms with E-state index in [2.05, 4.69) is 11.9 Å². The predicted molar refractivity (Wildman–Crippen MR) is 74.0 cm³/mol. The third kappa shape index (κ3) is 2.38. The van der Waals surface area contributed by atoms with Gasteiger partial charge in [-0.05, 0) is 30.0 Å². The van der Waals surface area contributed by atoms with Gasteiger partial charge in [-0.25, -0.2) is 0 Å². The molecular weight excluding hydrogens is 238 g/mol. The third-order valence-electron chi connectivity index (χ3n) is 3.81. The Bertz CT molecular complexity index is 603. The lowest BCUT2D eigenvalue weighted by molar-refractivity contribution is -0.128. The topological polar surface area (TPSA) is 39.2 Å². The summed E-state index contributed by atoms with van der Waals surface area (Å²) in [5, 5.41) is 1.06. The number of para-hydroxylation sites is 1. The smallest absolute Gasteiger partial charge is 0.166 e. The van der Waals surface area contributed by atoms with Crippen molar-refractivity contribution >= 4 is 16.7 Å². The lowest BCUT2D eigenvalue weighted by Gasteiger charge is -2.13. The van der Waals surface area contributed by atoms with Crippen molar-refractivity contribution in [3.8, 4) is 0 Å². The minimum absolute atomic E-state index is 0.182. The molecule has 2 heterocycles. The molecule has 1 fully saturated rings. The van der Waals surface area contributed by atoms with Crippen LogP contribution in [0, 0.1) is 5.92 Å². The van der Waals surface area contributed by atoms with Gasteiger partial charge in [-0.2, -0.15) is 0 Å². The Balaban J connectivity index is 1.87. The molecule has 1 aromatic carbocycles. The van der Waals surface area contributed by atoms with Crippen molar-refractivity contribution in [2.45, 2.75) is 25.9 Å². The highest BCUT2D eigenvalue weighted by atomic mass is 16.5. The normalized spacial score (nSPS) is 22.8. The van der Waals surface area contributed by atoms with Crippen molar-refractivity contribution < 1.29 is 9.53 Å². The summed E-state index contributed by atoms with van der Waals surface area (Å²) in [4.78, 5) is 16.6. The number of hydrogen-bond acceptors (Lipinski definition) is 3. The first-order valence-corrected chi connectivity index (χ1v) is 6.72. The number of benzene rings is 1. The van der Waals surface area contributed by atoms with Gasteiger partial charge < -0.3 is 4.74 Å². The Morgan fingerprint density at radius 1 is 1.37 bits per heavy atom. The lowest BCUT2D eigenvalue weighted by atomic mass is 9.95. The summed E-state index contributed by atoms with van der Waals surface area (Å²) in [5.41, 5.74) is 1.98. The fraction of sp³-hybridized carbons (Fsp3) is 0.375. The Labute approximate surface area is 112 Å². The zero-order valence-corrected chi connectivity index (χ0v) is 11.0. The van der Waals surface area contributed by atoms with Crippen molar-refractivity contribution in [1.82, 2.24) is 4.98 Å². The van der Waals surface area contributed by atoms with Crippen molar-refractivity contribution in [1.29, 1.82) is 0 Å². The second-order valence-corrected chi connectivity index (χ2v) is 5.19. The minimum Gasteiger partial charge on any atom is -0.370 e. The number of hydrogen-bond donors (Lipinski definition) is 0. The van der Waals surface area contributed by atoms with E-state index >= 15 is 0 Å². The van der Waals surface area contributed by atoms with Crippen molar-refractivity contribution in [2.75, 3.05) is 6.61 Å². The van der Waals surface area contributed by atoms with Crippen LogP contribution < -0.4 is 0 Å². The maximum Gasteiger partial charge on any atom is 0.166 e. The lowest BCUT2D eigenvalue weighted by Crippen LogP contribution is -2.26. The molecule has 1 aliphatic rings. The van der Waals surface area contributed by atoms with E-state index in [-0.39, 0.29) is 11.9 Å². The summed E-state index contributed by atoms with van der Waals surface area (Å²) in [7, 11) is 0. The molecule has 3 nitrogen and oxygen atoms in total. The molecule has 0 aliphatic carbocycles. The van der Waals surface area contributed by atoms with Crippen LogP contribution in [0.4, 0.5) is 0 Å². The van der Waals surface area contributed by atoms with E-state index < -0.39 is 0 Å². The average molecular weight is 255 g/mol. The van der Waals surface area contributed by atoms with Crippen LogP contribution in [0.2, 0.25) is 0 Å². The Kier molecular flexibility index (Phi) is 3.30. The van der Waals surface area contributed by atoms with Crippen LogP contribution in [-0.2, 0) is 16.0 Å². The number of nitrogens with zero attached hydrogens (tertiary/aromatic N) is 1. The number of pyridine rings is 1. The standard InChI is InChI=1S/C16H17NO2/c1-11-7-9-19-16(11)15(18)10-12-6-8-17-14-5-3-2-4-13(12)14/h2-6,8,11,16H,7,9-10H2,1H3. The van der Waals surface area contributed by atoms with Gasteiger partial charge in [0.1, 0.15) is 6.10 Å². The largest absolute Gasteiger partial charge is 0.370 e. The molecule has 0 spiro atoms. The molecule has 98 valence electrons. The Morgan fingerprint density at radius 3 is 3.00 bits per heavy atom. The summed E-state index contributed by atoms with van der Waals surface area (Å²) in [6.45, 7) is 2.79. The quantitative estimate of drug-likeness (QED) is 0.846. The second-order valence-electron chi connectivity index (χ2n) is 5.19. The number of ether oxygens (including phenoxy) is 1. The Morgan fingerprint density at radius 2 is 2.21 bits per heavy atom. The fourth-order valence-corrected chi connectivity index (χ4v) is 2.70. The molecule has 0 radical (unpaired) electrons. The van der Waals surface area contributed by atoms with Gasteiger partial charge in [0.05, 0.1) is 5.52 Å². The molecule has 0 saturated carbocycles. The van der Waals surface area contributed by atoms with E-state index in [1.807, 2.05) is 30.3 Å². The first-order valence-electron chi connectivity index (χ1n) is 6.72. The number of carbonyl (C=O) groups excluding carboxylic acids is 1. The zero-order chi connectivity index (χ0) is 13.2. The van der Waals surface area contributed by atoms with Crippen molar-refractivity contribution in [3.63, 3.8) is 0 Å². The van der Waals surface area contributed by atoms with Crippen molar-refractivity contribution in [3.05, 3.63) is 42.1 Å². The zero-order valence-electron chi connectivity index (χ0n) is 11.0. The minimum atomic E-state index is -0.230. The van der Waals surface area contributed by atoms with E-state index in [9.17, 15) is 4.79 Å². The summed E-state index contributed by atoms with van der Waals surface area (Å²) in [6.07, 6.45) is 2.95. The summed E-state index contributed by atoms with van der Waals surface area (Å²) < 4.78 is 5.55. The molecule has 2 aromatic rings. The Hall–Kier alpha value is -1.74. The molecule has 3 heteroatoms. The van der Waals surface area contributed by atoms with E-state index in [1.165, 1.54) is 0 Å². The molecule has 0 N–H and O–H groups in total. The molecule has 19 heavy (non-hydrogen) atoms. The van der Waals surface area contributed by atoms with Crippen LogP contribution in [0.25, 0.3) is 10.9 Å². The predicted octanol–water partition coefficient (Wildman–Crippen LogP) is 2.77. The van der Waals surface area contributed by atoms with Gasteiger partial charge >= 0.3 is 0 Å². The monoisotopic (exact) mass is 255 g/mol. The number of aromatic nitrogens is 1. The van der Waals surface area contributed by atoms with Gasteiger partial charge in [0, 0.05) is 24.6 Å². The van der Waals surface area contributed by atoms with Crippen LogP contribution in [0.5, 0.6) is 0 Å². The summed E-state index contributed by atoms with van der Waals surface area (Å²) >= 11 is 0. The molecule has 1 saturated heterocycles. The van der Waals surface area contributed by atoms with E-state index in [1.54, 1.807) is 6.20 Å². The SMILES string of the molecule is CC1CCOC1C(=O)Cc1ccnc2ccccc12. The average Bonchev–Trinajstić information content (AvgIpc) is 2.85. The van der Waals surface area contributed by atoms with Gasteiger partial charge in [0.15, 0.2) is 5.78 Å². The number of fused-ring (bicyclic) bond motifs is 1. The van der Waals surface area contributed by atoms with Gasteiger partial charge in [-0.1, -0.05) is 25.1 Å². The van der Waals surface area contributed by atoms with E-state index in [0.29, 0.717) is 18.9 Å². The van der Waals surface area contributed by atoms with E-state index in [0.717, 1.165) is 22.9 Å². The number of ketones is 1. The molecular formula is C16H17NO2. The number of carbonyl (C=O) groups is 1. The maximum atomic E-state index is 12.3. The molecule has 3 rings (SSSR count). The maximum absolute atomic E-state index is 12.3. The van der Waals surface area contributed by atoms with Crippen LogP contribution in [0.3, 0.4) is 0 Å². The molecule has 0 bridgehead atoms.